The smallest absolute Gasteiger partial charge is 0.332 e. The normalized spacial score (nSPS) is 14.2. The number of pyridine rings is 1. The molecule has 2 aromatic heterocycles. The lowest BCUT2D eigenvalue weighted by Gasteiger charge is -2.35. The predicted octanol–water partition coefficient (Wildman–Crippen LogP) is 1.42. The molecule has 1 aliphatic rings. The summed E-state index contributed by atoms with van der Waals surface area (Å²) in [6.45, 7) is 4.62. The summed E-state index contributed by atoms with van der Waals surface area (Å²) in [6.07, 6.45) is 1.82. The van der Waals surface area contributed by atoms with E-state index >= 15 is 0 Å². The van der Waals surface area contributed by atoms with Crippen molar-refractivity contribution in [1.29, 1.82) is 5.26 Å². The summed E-state index contributed by atoms with van der Waals surface area (Å²) in [5, 5.41) is 12.5. The van der Waals surface area contributed by atoms with E-state index in [0.717, 1.165) is 43.1 Å². The lowest BCUT2D eigenvalue weighted by molar-refractivity contribution is 0.249. The van der Waals surface area contributed by atoms with Gasteiger partial charge in [0.15, 0.2) is 5.56 Å². The summed E-state index contributed by atoms with van der Waals surface area (Å²) in [4.78, 5) is 33.6. The van der Waals surface area contributed by atoms with Crippen LogP contribution in [0.3, 0.4) is 0 Å². The van der Waals surface area contributed by atoms with Gasteiger partial charge >= 0.3 is 5.69 Å². The fraction of sp³-hybridized carbons (Fsp3) is 0.304. The number of benzene rings is 1. The van der Waals surface area contributed by atoms with Gasteiger partial charge < -0.3 is 10.2 Å². The molecule has 4 rings (SSSR count). The molecule has 1 saturated heterocycles. The van der Waals surface area contributed by atoms with Gasteiger partial charge in [0, 0.05) is 58.7 Å². The summed E-state index contributed by atoms with van der Waals surface area (Å²) >= 11 is 0. The molecule has 3 aromatic rings. The number of hydrogen-bond donors (Lipinski definition) is 1. The molecule has 0 bridgehead atoms. The van der Waals surface area contributed by atoms with Crippen molar-refractivity contribution < 1.29 is 0 Å². The summed E-state index contributed by atoms with van der Waals surface area (Å²) in [5.74, 6) is 1.21. The van der Waals surface area contributed by atoms with Crippen LogP contribution >= 0.6 is 0 Å². The highest BCUT2D eigenvalue weighted by Crippen LogP contribution is 2.19. The van der Waals surface area contributed by atoms with E-state index < -0.39 is 11.2 Å². The van der Waals surface area contributed by atoms with Gasteiger partial charge in [-0.1, -0.05) is 18.2 Å². The molecule has 0 spiro atoms. The van der Waals surface area contributed by atoms with E-state index in [1.165, 1.54) is 24.2 Å². The van der Waals surface area contributed by atoms with E-state index in [0.29, 0.717) is 5.69 Å². The number of nitrogens with one attached hydrogen (secondary N) is 1. The topological polar surface area (TPSA) is 99.2 Å². The van der Waals surface area contributed by atoms with Crippen molar-refractivity contribution in [1.82, 2.24) is 19.0 Å². The number of hydrogen-bond acceptors (Lipinski definition) is 7. The first kappa shape index (κ1) is 21.3. The van der Waals surface area contributed by atoms with Gasteiger partial charge in [-0.2, -0.15) is 5.26 Å². The van der Waals surface area contributed by atoms with E-state index in [-0.39, 0.29) is 11.4 Å². The quantitative estimate of drug-likeness (QED) is 0.652. The molecule has 0 amide bonds. The van der Waals surface area contributed by atoms with Crippen molar-refractivity contribution in [3.8, 4) is 6.07 Å². The maximum Gasteiger partial charge on any atom is 0.332 e. The van der Waals surface area contributed by atoms with Crippen LogP contribution in [0.1, 0.15) is 11.1 Å². The van der Waals surface area contributed by atoms with Crippen molar-refractivity contribution in [3.05, 3.63) is 80.6 Å². The molecule has 0 saturated carbocycles. The van der Waals surface area contributed by atoms with Crippen LogP contribution in [0.5, 0.6) is 0 Å². The Morgan fingerprint density at radius 3 is 2.34 bits per heavy atom. The first-order valence-corrected chi connectivity index (χ1v) is 10.4. The van der Waals surface area contributed by atoms with Crippen LogP contribution in [0, 0.1) is 11.3 Å². The summed E-state index contributed by atoms with van der Waals surface area (Å²) < 4.78 is 2.20. The zero-order valence-corrected chi connectivity index (χ0v) is 18.2. The Morgan fingerprint density at radius 2 is 1.72 bits per heavy atom. The molecule has 3 heterocycles. The van der Waals surface area contributed by atoms with Gasteiger partial charge in [-0.15, -0.1) is 0 Å². The fourth-order valence-electron chi connectivity index (χ4n) is 3.86. The lowest BCUT2D eigenvalue weighted by atomic mass is 10.1. The molecule has 0 unspecified atom stereocenters. The second-order valence-corrected chi connectivity index (χ2v) is 7.81. The highest BCUT2D eigenvalue weighted by Gasteiger charge is 2.18. The second kappa shape index (κ2) is 9.08. The predicted molar refractivity (Wildman–Crippen MR) is 123 cm³/mol. The first-order chi connectivity index (χ1) is 15.5. The van der Waals surface area contributed by atoms with Gasteiger partial charge in [0.1, 0.15) is 17.7 Å². The Labute approximate surface area is 185 Å². The monoisotopic (exact) mass is 431 g/mol. The van der Waals surface area contributed by atoms with Crippen LogP contribution in [0.2, 0.25) is 0 Å². The van der Waals surface area contributed by atoms with Crippen LogP contribution in [0.4, 0.5) is 17.3 Å². The van der Waals surface area contributed by atoms with Crippen LogP contribution in [-0.4, -0.2) is 45.2 Å². The summed E-state index contributed by atoms with van der Waals surface area (Å²) in [5.41, 5.74) is 0.677. The Balaban J connectivity index is 1.41. The molecular weight excluding hydrogens is 406 g/mol. The molecule has 0 radical (unpaired) electrons. The third-order valence-electron chi connectivity index (χ3n) is 5.74. The van der Waals surface area contributed by atoms with Crippen molar-refractivity contribution in [2.75, 3.05) is 36.4 Å². The van der Waals surface area contributed by atoms with E-state index in [4.69, 9.17) is 0 Å². The summed E-state index contributed by atoms with van der Waals surface area (Å²) in [7, 11) is 2.89. The molecule has 1 fully saturated rings. The lowest BCUT2D eigenvalue weighted by Crippen LogP contribution is -2.46. The molecule has 9 heteroatoms. The van der Waals surface area contributed by atoms with Crippen molar-refractivity contribution in [2.45, 2.75) is 6.54 Å². The summed E-state index contributed by atoms with van der Waals surface area (Å²) in [6, 6.07) is 15.7. The van der Waals surface area contributed by atoms with Gasteiger partial charge in [-0.3, -0.25) is 18.8 Å². The average molecular weight is 432 g/mol. The zero-order valence-electron chi connectivity index (χ0n) is 18.2. The third kappa shape index (κ3) is 4.26. The van der Waals surface area contributed by atoms with E-state index in [1.54, 1.807) is 0 Å². The number of piperazine rings is 1. The van der Waals surface area contributed by atoms with E-state index in [2.05, 4.69) is 20.1 Å². The van der Waals surface area contributed by atoms with Crippen LogP contribution in [-0.2, 0) is 20.6 Å². The standard InChI is InChI=1S/C23H25N7O2/c1-27-21(19(15-24)22(31)28(2)23(27)32)26-18-8-6-17(7-9-18)16-29-11-13-30(14-12-29)20-5-3-4-10-25-20/h3-10,26H,11-14,16H2,1-2H3. The van der Waals surface area contributed by atoms with Crippen LogP contribution in [0.15, 0.2) is 58.3 Å². The fourth-order valence-corrected chi connectivity index (χ4v) is 3.86. The van der Waals surface area contributed by atoms with Crippen LogP contribution in [0.25, 0.3) is 0 Å². The molecule has 1 aliphatic heterocycles. The van der Waals surface area contributed by atoms with Gasteiger partial charge in [0.2, 0.25) is 0 Å². The minimum atomic E-state index is -0.612. The van der Waals surface area contributed by atoms with Crippen LogP contribution < -0.4 is 21.5 Å². The highest BCUT2D eigenvalue weighted by atomic mass is 16.2. The Kier molecular flexibility index (Phi) is 6.05. The number of nitriles is 1. The molecule has 0 atom stereocenters. The maximum absolute atomic E-state index is 12.2. The van der Waals surface area contributed by atoms with E-state index in [1.807, 2.05) is 54.7 Å². The maximum atomic E-state index is 12.2. The molecule has 164 valence electrons. The molecule has 1 N–H and O–H groups in total. The second-order valence-electron chi connectivity index (χ2n) is 7.81. The first-order valence-electron chi connectivity index (χ1n) is 10.4. The van der Waals surface area contributed by atoms with Gasteiger partial charge in [0.25, 0.3) is 5.56 Å². The van der Waals surface area contributed by atoms with Gasteiger partial charge in [0.05, 0.1) is 0 Å². The number of rotatable bonds is 5. The third-order valence-corrected chi connectivity index (χ3v) is 5.74. The molecule has 32 heavy (non-hydrogen) atoms. The SMILES string of the molecule is Cn1c(Nc2ccc(CN3CCN(c4ccccn4)CC3)cc2)c(C#N)c(=O)n(C)c1=O. The van der Waals surface area contributed by atoms with Crippen molar-refractivity contribution in [3.63, 3.8) is 0 Å². The van der Waals surface area contributed by atoms with E-state index in [9.17, 15) is 14.9 Å². The minimum Gasteiger partial charge on any atom is -0.354 e. The Morgan fingerprint density at radius 1 is 1.00 bits per heavy atom. The minimum absolute atomic E-state index is 0.0931. The molecule has 9 nitrogen and oxygen atoms in total. The van der Waals surface area contributed by atoms with Gasteiger partial charge in [-0.05, 0) is 29.8 Å². The average Bonchev–Trinajstić information content (AvgIpc) is 2.83. The molecule has 0 aliphatic carbocycles. The number of aromatic nitrogens is 3. The highest BCUT2D eigenvalue weighted by molar-refractivity contribution is 5.62. The Bertz CT molecular complexity index is 1250. The van der Waals surface area contributed by atoms with Crippen molar-refractivity contribution >= 4 is 17.3 Å². The number of nitrogens with zero attached hydrogens (tertiary/aromatic N) is 6. The molecule has 1 aromatic carbocycles. The van der Waals surface area contributed by atoms with Gasteiger partial charge in [-0.25, -0.2) is 9.78 Å². The number of anilines is 3. The largest absolute Gasteiger partial charge is 0.354 e. The molecular formula is C23H25N7O2. The Hall–Kier alpha value is -3.90. The zero-order chi connectivity index (χ0) is 22.7. The van der Waals surface area contributed by atoms with Crippen molar-refractivity contribution in [2.24, 2.45) is 14.1 Å².